The van der Waals surface area contributed by atoms with Crippen LogP contribution in [-0.4, -0.2) is 42.8 Å². The van der Waals surface area contributed by atoms with Gasteiger partial charge in [0.15, 0.2) is 0 Å². The van der Waals surface area contributed by atoms with Gasteiger partial charge in [0.2, 0.25) is 0 Å². The van der Waals surface area contributed by atoms with E-state index in [1.807, 2.05) is 0 Å². The molecule has 68 valence electrons. The van der Waals surface area contributed by atoms with Crippen molar-refractivity contribution in [3.63, 3.8) is 0 Å². The van der Waals surface area contributed by atoms with Crippen LogP contribution in [0.1, 0.15) is 0 Å². The van der Waals surface area contributed by atoms with E-state index in [4.69, 9.17) is 5.11 Å². The molecule has 0 spiro atoms. The Morgan fingerprint density at radius 3 is 1.58 bits per heavy atom. The summed E-state index contributed by atoms with van der Waals surface area (Å²) < 4.78 is 1.00. The van der Waals surface area contributed by atoms with E-state index in [9.17, 15) is 0 Å². The molecule has 12 heavy (non-hydrogen) atoms. The predicted molar refractivity (Wildman–Crippen MR) is 49.9 cm³/mol. The van der Waals surface area contributed by atoms with Crippen LogP contribution in [0.4, 0.5) is 0 Å². The van der Waals surface area contributed by atoms with Crippen LogP contribution >= 0.6 is 0 Å². The van der Waals surface area contributed by atoms with Gasteiger partial charge in [-0.2, -0.15) is 0 Å². The van der Waals surface area contributed by atoms with Gasteiger partial charge in [0.25, 0.3) is 0 Å². The predicted octanol–water partition coefficient (Wildman–Crippen LogP) is 1.11. The fourth-order valence-electron chi connectivity index (χ4n) is 0.344. The second-order valence-electron chi connectivity index (χ2n) is 3.89. The van der Waals surface area contributed by atoms with Gasteiger partial charge in [-0.25, -0.2) is 0 Å². The molecule has 0 aliphatic heterocycles. The van der Waals surface area contributed by atoms with Crippen molar-refractivity contribution in [3.05, 3.63) is 24.5 Å². The largest absolute Gasteiger partial charge is 0.508 e. The number of aromatic nitrogens is 1. The second-order valence-corrected chi connectivity index (χ2v) is 3.89. The molecule has 3 nitrogen and oxygen atoms in total. The van der Waals surface area contributed by atoms with Crippen molar-refractivity contribution in [1.29, 1.82) is 0 Å². The van der Waals surface area contributed by atoms with Crippen molar-refractivity contribution in [1.82, 2.24) is 4.98 Å². The molecule has 3 heteroatoms. The summed E-state index contributed by atoms with van der Waals surface area (Å²) in [6.07, 6.45) is 3.07. The summed E-state index contributed by atoms with van der Waals surface area (Å²) in [6, 6.07) is 3.06. The molecule has 1 aromatic heterocycles. The van der Waals surface area contributed by atoms with Crippen molar-refractivity contribution in [2.75, 3.05) is 28.2 Å². The van der Waals surface area contributed by atoms with Gasteiger partial charge in [0, 0.05) is 12.4 Å². The van der Waals surface area contributed by atoms with Crippen LogP contribution in [0.5, 0.6) is 5.75 Å². The van der Waals surface area contributed by atoms with Crippen molar-refractivity contribution < 1.29 is 9.59 Å². The number of quaternary nitrogens is 1. The maximum Gasteiger partial charge on any atom is 0.118 e. The highest BCUT2D eigenvalue weighted by Crippen LogP contribution is 2.00. The Kier molecular flexibility index (Phi) is 4.29. The van der Waals surface area contributed by atoms with E-state index in [0.29, 0.717) is 0 Å². The number of hydrogen-bond donors (Lipinski definition) is 1. The average molecular weight is 169 g/mol. The van der Waals surface area contributed by atoms with Crippen LogP contribution in [0.2, 0.25) is 0 Å². The molecule has 0 amide bonds. The molecule has 0 aromatic carbocycles. The molecular formula is C9H17N2O+. The van der Waals surface area contributed by atoms with Crippen LogP contribution in [-0.2, 0) is 0 Å². The van der Waals surface area contributed by atoms with Gasteiger partial charge in [0.05, 0.1) is 28.2 Å². The zero-order valence-corrected chi connectivity index (χ0v) is 8.15. The molecule has 0 saturated carbocycles. The summed E-state index contributed by atoms with van der Waals surface area (Å²) in [4.78, 5) is 3.69. The van der Waals surface area contributed by atoms with E-state index in [2.05, 4.69) is 33.2 Å². The summed E-state index contributed by atoms with van der Waals surface area (Å²) in [5.41, 5.74) is 0. The minimum absolute atomic E-state index is 0.259. The third kappa shape index (κ3) is 11.7. The molecule has 0 saturated heterocycles. The third-order valence-electron chi connectivity index (χ3n) is 0.663. The molecule has 0 aliphatic carbocycles. The molecule has 0 aliphatic rings. The fraction of sp³-hybridized carbons (Fsp3) is 0.444. The minimum atomic E-state index is 0.259. The number of pyridine rings is 1. The molecule has 1 heterocycles. The van der Waals surface area contributed by atoms with E-state index in [-0.39, 0.29) is 5.75 Å². The van der Waals surface area contributed by atoms with Gasteiger partial charge >= 0.3 is 0 Å². The molecule has 0 fully saturated rings. The first-order chi connectivity index (χ1) is 5.39. The molecule has 1 N–H and O–H groups in total. The fourth-order valence-corrected chi connectivity index (χ4v) is 0.344. The van der Waals surface area contributed by atoms with Gasteiger partial charge in [-0.15, -0.1) is 0 Å². The van der Waals surface area contributed by atoms with Crippen LogP contribution in [0, 0.1) is 0 Å². The monoisotopic (exact) mass is 169 g/mol. The van der Waals surface area contributed by atoms with Crippen molar-refractivity contribution in [3.8, 4) is 5.75 Å². The number of rotatable bonds is 0. The van der Waals surface area contributed by atoms with Crippen molar-refractivity contribution >= 4 is 0 Å². The topological polar surface area (TPSA) is 33.1 Å². The van der Waals surface area contributed by atoms with Crippen molar-refractivity contribution in [2.45, 2.75) is 0 Å². The van der Waals surface area contributed by atoms with Crippen molar-refractivity contribution in [2.24, 2.45) is 0 Å². The lowest BCUT2D eigenvalue weighted by Gasteiger charge is -2.14. The first-order valence-electron chi connectivity index (χ1n) is 3.77. The first-order valence-corrected chi connectivity index (χ1v) is 3.77. The Labute approximate surface area is 73.9 Å². The van der Waals surface area contributed by atoms with Gasteiger partial charge in [-0.05, 0) is 12.1 Å². The van der Waals surface area contributed by atoms with Crippen LogP contribution in [0.15, 0.2) is 24.5 Å². The smallest absolute Gasteiger partial charge is 0.118 e. The lowest BCUT2D eigenvalue weighted by atomic mass is 10.5. The zero-order chi connectivity index (χ0) is 9.61. The number of nitrogens with zero attached hydrogens (tertiary/aromatic N) is 2. The van der Waals surface area contributed by atoms with Crippen LogP contribution in [0.3, 0.4) is 0 Å². The van der Waals surface area contributed by atoms with Crippen LogP contribution in [0.25, 0.3) is 0 Å². The normalized spacial score (nSPS) is 10.0. The lowest BCUT2D eigenvalue weighted by molar-refractivity contribution is -0.849. The SMILES string of the molecule is C[N+](C)(C)C.Oc1ccncc1. The molecule has 1 aromatic rings. The Morgan fingerprint density at radius 1 is 1.08 bits per heavy atom. The van der Waals surface area contributed by atoms with Gasteiger partial charge < -0.3 is 9.59 Å². The number of aromatic hydroxyl groups is 1. The first kappa shape index (κ1) is 10.9. The van der Waals surface area contributed by atoms with Crippen LogP contribution < -0.4 is 0 Å². The maximum absolute atomic E-state index is 8.59. The summed E-state index contributed by atoms with van der Waals surface area (Å²) in [7, 11) is 8.50. The Morgan fingerprint density at radius 2 is 1.42 bits per heavy atom. The maximum atomic E-state index is 8.59. The molecular weight excluding hydrogens is 152 g/mol. The van der Waals surface area contributed by atoms with E-state index < -0.39 is 0 Å². The molecule has 0 radical (unpaired) electrons. The summed E-state index contributed by atoms with van der Waals surface area (Å²) in [5, 5.41) is 8.59. The van der Waals surface area contributed by atoms with E-state index >= 15 is 0 Å². The molecule has 0 unspecified atom stereocenters. The Balaban J connectivity index is 0.000000217. The van der Waals surface area contributed by atoms with E-state index in [0.717, 1.165) is 4.48 Å². The average Bonchev–Trinajstić information content (AvgIpc) is 1.85. The zero-order valence-electron chi connectivity index (χ0n) is 8.15. The minimum Gasteiger partial charge on any atom is -0.508 e. The molecule has 0 bridgehead atoms. The molecule has 0 atom stereocenters. The highest BCUT2D eigenvalue weighted by Gasteiger charge is 1.88. The summed E-state index contributed by atoms with van der Waals surface area (Å²) >= 11 is 0. The quantitative estimate of drug-likeness (QED) is 0.590. The van der Waals surface area contributed by atoms with Gasteiger partial charge in [-0.1, -0.05) is 0 Å². The van der Waals surface area contributed by atoms with Gasteiger partial charge in [-0.3, -0.25) is 4.98 Å². The highest BCUT2D eigenvalue weighted by atomic mass is 16.3. The van der Waals surface area contributed by atoms with E-state index in [1.165, 1.54) is 24.5 Å². The highest BCUT2D eigenvalue weighted by molar-refractivity contribution is 5.13. The van der Waals surface area contributed by atoms with E-state index in [1.54, 1.807) is 0 Å². The molecule has 1 rings (SSSR count). The van der Waals surface area contributed by atoms with Gasteiger partial charge in [0.1, 0.15) is 5.75 Å². The summed E-state index contributed by atoms with van der Waals surface area (Å²) in [6.45, 7) is 0. The lowest BCUT2D eigenvalue weighted by Crippen LogP contribution is -2.27. The third-order valence-corrected chi connectivity index (χ3v) is 0.663. The summed E-state index contributed by atoms with van der Waals surface area (Å²) in [5.74, 6) is 0.259. The Bertz CT molecular complexity index is 198. The number of hydrogen-bond acceptors (Lipinski definition) is 2. The second kappa shape index (κ2) is 4.72. The standard InChI is InChI=1S/C5H5NO.C4H12N/c7-5-1-3-6-4-2-5;1-5(2,3)4/h1-4H,(H,6,7);1-4H3/q;+1. The Hall–Kier alpha value is -1.09.